The lowest BCUT2D eigenvalue weighted by Gasteiger charge is -2.13. The molecule has 0 spiro atoms. The lowest BCUT2D eigenvalue weighted by Crippen LogP contribution is -2.37. The number of carbonyl (C=O) groups is 3. The molecule has 0 saturated heterocycles. The van der Waals surface area contributed by atoms with E-state index in [1.165, 1.54) is 31.4 Å². The van der Waals surface area contributed by atoms with E-state index in [1.54, 1.807) is 23.9 Å². The standard InChI is InChI=1S/C19H20N2O5S/c1-26-19(25)13-3-7-14(8-4-13)21-18(24)17(23)20-11-16(22)12-5-9-15(27-2)10-6-12/h3-10,16,22H,11H2,1-2H3,(H,20,23)(H,21,24). The highest BCUT2D eigenvalue weighted by atomic mass is 32.2. The van der Waals surface area contributed by atoms with E-state index < -0.39 is 23.9 Å². The number of methoxy groups -OCH3 is 1. The fourth-order valence-corrected chi connectivity index (χ4v) is 2.62. The van der Waals surface area contributed by atoms with Crippen LogP contribution in [0.4, 0.5) is 5.69 Å². The van der Waals surface area contributed by atoms with E-state index in [9.17, 15) is 19.5 Å². The number of nitrogens with one attached hydrogen (secondary N) is 2. The first-order chi connectivity index (χ1) is 12.9. The molecular weight excluding hydrogens is 368 g/mol. The number of benzene rings is 2. The average molecular weight is 388 g/mol. The zero-order valence-electron chi connectivity index (χ0n) is 14.9. The summed E-state index contributed by atoms with van der Waals surface area (Å²) in [4.78, 5) is 36.2. The number of carbonyl (C=O) groups excluding carboxylic acids is 3. The van der Waals surface area contributed by atoms with Crippen LogP contribution >= 0.6 is 11.8 Å². The van der Waals surface area contributed by atoms with Crippen LogP contribution < -0.4 is 10.6 Å². The molecule has 0 radical (unpaired) electrons. The second-order valence-corrected chi connectivity index (χ2v) is 6.40. The van der Waals surface area contributed by atoms with E-state index in [-0.39, 0.29) is 6.54 Å². The molecule has 1 unspecified atom stereocenters. The van der Waals surface area contributed by atoms with Gasteiger partial charge in [-0.05, 0) is 48.2 Å². The molecule has 0 aromatic heterocycles. The van der Waals surface area contributed by atoms with Crippen LogP contribution in [0.2, 0.25) is 0 Å². The van der Waals surface area contributed by atoms with Crippen molar-refractivity contribution in [3.8, 4) is 0 Å². The van der Waals surface area contributed by atoms with Gasteiger partial charge in [-0.3, -0.25) is 9.59 Å². The van der Waals surface area contributed by atoms with Crippen molar-refractivity contribution in [1.82, 2.24) is 5.32 Å². The monoisotopic (exact) mass is 388 g/mol. The summed E-state index contributed by atoms with van der Waals surface area (Å²) < 4.78 is 4.58. The normalized spacial score (nSPS) is 11.4. The van der Waals surface area contributed by atoms with Crippen LogP contribution in [0.25, 0.3) is 0 Å². The highest BCUT2D eigenvalue weighted by molar-refractivity contribution is 7.98. The molecule has 0 aliphatic heterocycles. The quantitative estimate of drug-likeness (QED) is 0.397. The largest absolute Gasteiger partial charge is 0.465 e. The first-order valence-electron chi connectivity index (χ1n) is 8.04. The summed E-state index contributed by atoms with van der Waals surface area (Å²) in [7, 11) is 1.27. The molecule has 2 aromatic rings. The predicted molar refractivity (Wildman–Crippen MR) is 103 cm³/mol. The van der Waals surface area contributed by atoms with Gasteiger partial charge in [0.1, 0.15) is 0 Å². The molecule has 8 heteroatoms. The van der Waals surface area contributed by atoms with Crippen molar-refractivity contribution in [3.63, 3.8) is 0 Å². The van der Waals surface area contributed by atoms with Crippen molar-refractivity contribution >= 4 is 35.2 Å². The van der Waals surface area contributed by atoms with Gasteiger partial charge in [0, 0.05) is 17.1 Å². The minimum Gasteiger partial charge on any atom is -0.465 e. The number of thioether (sulfide) groups is 1. The average Bonchev–Trinajstić information content (AvgIpc) is 2.71. The van der Waals surface area contributed by atoms with Gasteiger partial charge in [-0.15, -0.1) is 11.8 Å². The Bertz CT molecular complexity index is 806. The van der Waals surface area contributed by atoms with E-state index in [0.717, 1.165) is 4.90 Å². The number of amides is 2. The van der Waals surface area contributed by atoms with Crippen LogP contribution in [0.15, 0.2) is 53.4 Å². The van der Waals surface area contributed by atoms with Crippen LogP contribution in [0.3, 0.4) is 0 Å². The number of esters is 1. The summed E-state index contributed by atoms with van der Waals surface area (Å²) in [5.41, 5.74) is 1.33. The lowest BCUT2D eigenvalue weighted by atomic mass is 10.1. The Kier molecular flexibility index (Phi) is 7.39. The topological polar surface area (TPSA) is 105 Å². The van der Waals surface area contributed by atoms with Gasteiger partial charge in [0.15, 0.2) is 0 Å². The van der Waals surface area contributed by atoms with Gasteiger partial charge in [0.2, 0.25) is 0 Å². The highest BCUT2D eigenvalue weighted by Crippen LogP contribution is 2.18. The van der Waals surface area contributed by atoms with Gasteiger partial charge in [0.05, 0.1) is 18.8 Å². The zero-order valence-corrected chi connectivity index (χ0v) is 15.7. The Hall–Kier alpha value is -2.84. The first-order valence-corrected chi connectivity index (χ1v) is 9.26. The van der Waals surface area contributed by atoms with Gasteiger partial charge >= 0.3 is 17.8 Å². The summed E-state index contributed by atoms with van der Waals surface area (Å²) in [5.74, 6) is -2.23. The number of hydrogen-bond acceptors (Lipinski definition) is 6. The number of rotatable bonds is 6. The maximum absolute atomic E-state index is 11.9. The van der Waals surface area contributed by atoms with Crippen LogP contribution in [0, 0.1) is 0 Å². The first kappa shape index (κ1) is 20.5. The van der Waals surface area contributed by atoms with Gasteiger partial charge in [-0.25, -0.2) is 4.79 Å². The molecule has 2 amide bonds. The van der Waals surface area contributed by atoms with E-state index >= 15 is 0 Å². The van der Waals surface area contributed by atoms with Crippen molar-refractivity contribution in [3.05, 3.63) is 59.7 Å². The summed E-state index contributed by atoms with van der Waals surface area (Å²) in [5, 5.41) is 14.9. The number of hydrogen-bond donors (Lipinski definition) is 3. The summed E-state index contributed by atoms with van der Waals surface area (Å²) >= 11 is 1.59. The Morgan fingerprint density at radius 3 is 2.22 bits per heavy atom. The third-order valence-electron chi connectivity index (χ3n) is 3.73. The Morgan fingerprint density at radius 2 is 1.67 bits per heavy atom. The van der Waals surface area contributed by atoms with E-state index in [2.05, 4.69) is 15.4 Å². The summed E-state index contributed by atoms with van der Waals surface area (Å²) in [6.45, 7) is -0.0911. The van der Waals surface area contributed by atoms with Crippen molar-refractivity contribution in [2.45, 2.75) is 11.0 Å². The van der Waals surface area contributed by atoms with Crippen molar-refractivity contribution < 1.29 is 24.2 Å². The highest BCUT2D eigenvalue weighted by Gasteiger charge is 2.16. The predicted octanol–water partition coefficient (Wildman–Crippen LogP) is 1.98. The second-order valence-electron chi connectivity index (χ2n) is 5.52. The minimum absolute atomic E-state index is 0.0911. The van der Waals surface area contributed by atoms with Crippen molar-refractivity contribution in [1.29, 1.82) is 0 Å². The molecule has 2 rings (SSSR count). The molecule has 7 nitrogen and oxygen atoms in total. The minimum atomic E-state index is -0.919. The third kappa shape index (κ3) is 5.83. The molecule has 0 aliphatic carbocycles. The lowest BCUT2D eigenvalue weighted by molar-refractivity contribution is -0.136. The number of anilines is 1. The molecule has 0 bridgehead atoms. The fourth-order valence-electron chi connectivity index (χ4n) is 2.21. The molecule has 3 N–H and O–H groups in total. The Labute approximate surface area is 161 Å². The zero-order chi connectivity index (χ0) is 19.8. The van der Waals surface area contributed by atoms with Crippen LogP contribution in [-0.4, -0.2) is 42.8 Å². The molecule has 0 fully saturated rings. The van der Waals surface area contributed by atoms with Crippen LogP contribution in [0.1, 0.15) is 22.0 Å². The van der Waals surface area contributed by atoms with E-state index in [1.807, 2.05) is 18.4 Å². The molecule has 1 atom stereocenters. The maximum atomic E-state index is 11.9. The Balaban J connectivity index is 1.85. The number of aliphatic hydroxyl groups is 1. The number of ether oxygens (including phenoxy) is 1. The molecule has 0 aliphatic rings. The Morgan fingerprint density at radius 1 is 1.04 bits per heavy atom. The smallest absolute Gasteiger partial charge is 0.337 e. The van der Waals surface area contributed by atoms with Crippen molar-refractivity contribution in [2.24, 2.45) is 0 Å². The van der Waals surface area contributed by atoms with Gasteiger partial charge in [-0.2, -0.15) is 0 Å². The van der Waals surface area contributed by atoms with Gasteiger partial charge in [0.25, 0.3) is 0 Å². The van der Waals surface area contributed by atoms with Gasteiger partial charge < -0.3 is 20.5 Å². The molecule has 2 aromatic carbocycles. The molecule has 0 heterocycles. The number of aliphatic hydroxyl groups excluding tert-OH is 1. The SMILES string of the molecule is COC(=O)c1ccc(NC(=O)C(=O)NCC(O)c2ccc(SC)cc2)cc1. The maximum Gasteiger partial charge on any atom is 0.337 e. The molecule has 27 heavy (non-hydrogen) atoms. The van der Waals surface area contributed by atoms with E-state index in [4.69, 9.17) is 0 Å². The third-order valence-corrected chi connectivity index (χ3v) is 4.47. The molecular formula is C19H20N2O5S. The van der Waals surface area contributed by atoms with Crippen molar-refractivity contribution in [2.75, 3.05) is 25.2 Å². The van der Waals surface area contributed by atoms with E-state index in [0.29, 0.717) is 16.8 Å². The van der Waals surface area contributed by atoms with Gasteiger partial charge in [-0.1, -0.05) is 12.1 Å². The molecule has 0 saturated carbocycles. The molecule has 142 valence electrons. The van der Waals surface area contributed by atoms with Crippen LogP contribution in [0.5, 0.6) is 0 Å². The van der Waals surface area contributed by atoms with Crippen LogP contribution in [-0.2, 0) is 14.3 Å². The summed E-state index contributed by atoms with van der Waals surface area (Å²) in [6, 6.07) is 13.2. The fraction of sp³-hybridized carbons (Fsp3) is 0.211. The summed E-state index contributed by atoms with van der Waals surface area (Å²) in [6.07, 6.45) is 1.03. The second kappa shape index (κ2) is 9.75.